The standard InChI is InChI=1S/C15H19F2NO/c16-14(17)12-5-3-11(4-6-12)13-9-18-10-15(19-13)7-1-2-8-15/h3-6,13-14,18H,1-2,7-10H2. The van der Waals surface area contributed by atoms with Crippen LogP contribution in [0.25, 0.3) is 0 Å². The summed E-state index contributed by atoms with van der Waals surface area (Å²) in [7, 11) is 0. The molecular formula is C15H19F2NO. The number of rotatable bonds is 2. The van der Waals surface area contributed by atoms with Crippen LogP contribution in [0, 0.1) is 0 Å². The van der Waals surface area contributed by atoms with E-state index in [0.29, 0.717) is 0 Å². The van der Waals surface area contributed by atoms with Gasteiger partial charge in [0.2, 0.25) is 0 Å². The van der Waals surface area contributed by atoms with Crippen molar-refractivity contribution in [2.45, 2.75) is 43.8 Å². The van der Waals surface area contributed by atoms with Crippen molar-refractivity contribution >= 4 is 0 Å². The second-order valence-electron chi connectivity index (χ2n) is 5.59. The van der Waals surface area contributed by atoms with Crippen molar-refractivity contribution in [3.8, 4) is 0 Å². The van der Waals surface area contributed by atoms with Crippen LogP contribution in [0.15, 0.2) is 24.3 Å². The number of benzene rings is 1. The van der Waals surface area contributed by atoms with Gasteiger partial charge in [-0.25, -0.2) is 8.78 Å². The fraction of sp³-hybridized carbons (Fsp3) is 0.600. The number of hydrogen-bond donors (Lipinski definition) is 1. The van der Waals surface area contributed by atoms with Gasteiger partial charge in [-0.3, -0.25) is 0 Å². The molecule has 1 saturated heterocycles. The summed E-state index contributed by atoms with van der Waals surface area (Å²) in [5.41, 5.74) is 1.04. The van der Waals surface area contributed by atoms with Gasteiger partial charge in [-0.2, -0.15) is 0 Å². The predicted molar refractivity (Wildman–Crippen MR) is 69.3 cm³/mol. The zero-order valence-corrected chi connectivity index (χ0v) is 10.9. The van der Waals surface area contributed by atoms with Crippen molar-refractivity contribution in [1.29, 1.82) is 0 Å². The largest absolute Gasteiger partial charge is 0.364 e. The van der Waals surface area contributed by atoms with Crippen LogP contribution in [-0.4, -0.2) is 18.7 Å². The molecule has 1 unspecified atom stereocenters. The summed E-state index contributed by atoms with van der Waals surface area (Å²) in [6.07, 6.45) is 2.23. The summed E-state index contributed by atoms with van der Waals surface area (Å²) < 4.78 is 31.3. The third-order valence-corrected chi connectivity index (χ3v) is 4.24. The van der Waals surface area contributed by atoms with Gasteiger partial charge in [0.05, 0.1) is 11.7 Å². The van der Waals surface area contributed by atoms with E-state index in [-0.39, 0.29) is 17.3 Å². The highest BCUT2D eigenvalue weighted by Crippen LogP contribution is 2.39. The van der Waals surface area contributed by atoms with E-state index in [9.17, 15) is 8.78 Å². The number of alkyl halides is 2. The summed E-state index contributed by atoms with van der Waals surface area (Å²) in [5, 5.41) is 3.43. The van der Waals surface area contributed by atoms with E-state index in [1.54, 1.807) is 12.1 Å². The first-order valence-corrected chi connectivity index (χ1v) is 6.95. The van der Waals surface area contributed by atoms with Crippen LogP contribution < -0.4 is 5.32 Å². The summed E-state index contributed by atoms with van der Waals surface area (Å²) >= 11 is 0. The molecule has 1 atom stereocenters. The molecule has 0 bridgehead atoms. The minimum absolute atomic E-state index is 0.0152. The average molecular weight is 267 g/mol. The highest BCUT2D eigenvalue weighted by molar-refractivity contribution is 5.25. The molecule has 1 spiro atoms. The van der Waals surface area contributed by atoms with Crippen LogP contribution in [0.5, 0.6) is 0 Å². The van der Waals surface area contributed by atoms with E-state index in [2.05, 4.69) is 5.32 Å². The Bertz CT molecular complexity index is 426. The Morgan fingerprint density at radius 3 is 2.47 bits per heavy atom. The van der Waals surface area contributed by atoms with Crippen LogP contribution in [0.1, 0.15) is 49.3 Å². The average Bonchev–Trinajstić information content (AvgIpc) is 2.87. The van der Waals surface area contributed by atoms with E-state index >= 15 is 0 Å². The van der Waals surface area contributed by atoms with Gasteiger partial charge < -0.3 is 10.1 Å². The monoisotopic (exact) mass is 267 g/mol. The molecule has 1 aliphatic heterocycles. The van der Waals surface area contributed by atoms with Crippen LogP contribution in [0.2, 0.25) is 0 Å². The fourth-order valence-corrected chi connectivity index (χ4v) is 3.17. The maximum Gasteiger partial charge on any atom is 0.263 e. The molecule has 2 fully saturated rings. The minimum atomic E-state index is -2.40. The lowest BCUT2D eigenvalue weighted by Crippen LogP contribution is -2.49. The topological polar surface area (TPSA) is 21.3 Å². The fourth-order valence-electron chi connectivity index (χ4n) is 3.17. The lowest BCUT2D eigenvalue weighted by atomic mass is 9.97. The van der Waals surface area contributed by atoms with Gasteiger partial charge in [-0.05, 0) is 18.4 Å². The molecule has 1 N–H and O–H groups in total. The summed E-state index contributed by atoms with van der Waals surface area (Å²) in [6.45, 7) is 1.67. The van der Waals surface area contributed by atoms with Crippen molar-refractivity contribution in [2.75, 3.05) is 13.1 Å². The van der Waals surface area contributed by atoms with Crippen LogP contribution >= 0.6 is 0 Å². The second kappa shape index (κ2) is 5.17. The molecular weight excluding hydrogens is 248 g/mol. The third kappa shape index (κ3) is 2.65. The molecule has 1 aromatic carbocycles. The summed E-state index contributed by atoms with van der Waals surface area (Å²) in [4.78, 5) is 0. The van der Waals surface area contributed by atoms with Crippen molar-refractivity contribution < 1.29 is 13.5 Å². The SMILES string of the molecule is FC(F)c1ccc(C2CNCC3(CCCC3)O2)cc1. The zero-order chi connectivity index (χ0) is 13.3. The molecule has 1 aliphatic carbocycles. The molecule has 2 nitrogen and oxygen atoms in total. The smallest absolute Gasteiger partial charge is 0.263 e. The first-order valence-electron chi connectivity index (χ1n) is 6.95. The van der Waals surface area contributed by atoms with E-state index < -0.39 is 6.43 Å². The second-order valence-corrected chi connectivity index (χ2v) is 5.59. The summed E-state index contributed by atoms with van der Waals surface area (Å²) in [5.74, 6) is 0. The minimum Gasteiger partial charge on any atom is -0.364 e. The van der Waals surface area contributed by atoms with Gasteiger partial charge in [0.1, 0.15) is 0 Å². The number of morpholine rings is 1. The maximum atomic E-state index is 12.5. The lowest BCUT2D eigenvalue weighted by molar-refractivity contribution is -0.114. The molecule has 4 heteroatoms. The van der Waals surface area contributed by atoms with Gasteiger partial charge in [0, 0.05) is 18.7 Å². The van der Waals surface area contributed by atoms with E-state index in [4.69, 9.17) is 4.74 Å². The van der Waals surface area contributed by atoms with E-state index in [1.165, 1.54) is 25.0 Å². The molecule has 1 aromatic rings. The highest BCUT2D eigenvalue weighted by atomic mass is 19.3. The Kier molecular flexibility index (Phi) is 3.54. The molecule has 0 radical (unpaired) electrons. The number of ether oxygens (including phenoxy) is 1. The van der Waals surface area contributed by atoms with E-state index in [1.807, 2.05) is 0 Å². The Hall–Kier alpha value is -1.00. The van der Waals surface area contributed by atoms with Crippen molar-refractivity contribution in [3.63, 3.8) is 0 Å². The first kappa shape index (κ1) is 13.0. The third-order valence-electron chi connectivity index (χ3n) is 4.24. The van der Waals surface area contributed by atoms with Crippen molar-refractivity contribution in [3.05, 3.63) is 35.4 Å². The molecule has 3 rings (SSSR count). The maximum absolute atomic E-state index is 12.5. The number of halogens is 2. The lowest BCUT2D eigenvalue weighted by Gasteiger charge is -2.39. The van der Waals surface area contributed by atoms with Crippen molar-refractivity contribution in [2.24, 2.45) is 0 Å². The Balaban J connectivity index is 1.74. The van der Waals surface area contributed by atoms with Gasteiger partial charge in [0.25, 0.3) is 6.43 Å². The molecule has 1 heterocycles. The number of hydrogen-bond acceptors (Lipinski definition) is 2. The van der Waals surface area contributed by atoms with Gasteiger partial charge in [-0.15, -0.1) is 0 Å². The molecule has 2 aliphatic rings. The Labute approximate surface area is 112 Å². The first-order chi connectivity index (χ1) is 9.19. The normalized spacial score (nSPS) is 26.2. The van der Waals surface area contributed by atoms with Crippen LogP contribution in [-0.2, 0) is 4.74 Å². The molecule has 19 heavy (non-hydrogen) atoms. The van der Waals surface area contributed by atoms with Crippen molar-refractivity contribution in [1.82, 2.24) is 5.32 Å². The highest BCUT2D eigenvalue weighted by Gasteiger charge is 2.39. The quantitative estimate of drug-likeness (QED) is 0.884. The Morgan fingerprint density at radius 2 is 1.84 bits per heavy atom. The molecule has 104 valence electrons. The van der Waals surface area contributed by atoms with Crippen LogP contribution in [0.4, 0.5) is 8.78 Å². The van der Waals surface area contributed by atoms with Gasteiger partial charge in [-0.1, -0.05) is 37.1 Å². The van der Waals surface area contributed by atoms with Crippen LogP contribution in [0.3, 0.4) is 0 Å². The van der Waals surface area contributed by atoms with Gasteiger partial charge in [0.15, 0.2) is 0 Å². The summed E-state index contributed by atoms with van der Waals surface area (Å²) in [6, 6.07) is 6.53. The molecule has 0 aromatic heterocycles. The molecule has 0 amide bonds. The predicted octanol–water partition coefficient (Wildman–Crippen LogP) is 3.60. The zero-order valence-electron chi connectivity index (χ0n) is 10.9. The molecule has 1 saturated carbocycles. The van der Waals surface area contributed by atoms with E-state index in [0.717, 1.165) is 31.5 Å². The Morgan fingerprint density at radius 1 is 1.16 bits per heavy atom. The van der Waals surface area contributed by atoms with Gasteiger partial charge >= 0.3 is 0 Å². The number of nitrogens with one attached hydrogen (secondary N) is 1.